The van der Waals surface area contributed by atoms with Gasteiger partial charge in [0.2, 0.25) is 11.7 Å². The zero-order valence-electron chi connectivity index (χ0n) is 28.5. The van der Waals surface area contributed by atoms with E-state index in [4.69, 9.17) is 14.2 Å². The molecule has 14 heteroatoms. The van der Waals surface area contributed by atoms with E-state index >= 15 is 0 Å². The standard InChI is InChI=1S/C36H43F3N6O5/c1-47-30-22-25(23-31(48-2)32(30)49-3)33(46)44-19-13-35(24-44,26-8-14-40-15-9-26)12-18-43-16-10-27(11-17-43)41-34-42-28-6-4-5-7-29(28)45(34)20-21-50-36(37,38)39/h4-9,14-15,22-23,27H,10-13,16-21,24H2,1-3H3,(H,41,42). The number of rotatable bonds is 13. The number of hydrogen-bond donors (Lipinski definition) is 1. The molecule has 2 aromatic heterocycles. The van der Waals surface area contributed by atoms with Crippen molar-refractivity contribution < 1.29 is 36.9 Å². The van der Waals surface area contributed by atoms with Crippen LogP contribution in [0, 0.1) is 0 Å². The molecule has 0 spiro atoms. The molecule has 0 bridgehead atoms. The second kappa shape index (κ2) is 15.1. The number of likely N-dealkylation sites (tertiary alicyclic amines) is 2. The van der Waals surface area contributed by atoms with Gasteiger partial charge in [0, 0.05) is 62.1 Å². The monoisotopic (exact) mass is 696 g/mol. The highest BCUT2D eigenvalue weighted by molar-refractivity contribution is 5.96. The number of hydrogen-bond acceptors (Lipinski definition) is 9. The van der Waals surface area contributed by atoms with E-state index in [0.29, 0.717) is 41.8 Å². The van der Waals surface area contributed by atoms with Gasteiger partial charge in [-0.2, -0.15) is 0 Å². The maximum atomic E-state index is 13.9. The number of benzene rings is 2. The number of carbonyl (C=O) groups excluding carboxylic acids is 1. The maximum Gasteiger partial charge on any atom is 0.522 e. The molecule has 0 radical (unpaired) electrons. The second-order valence-corrected chi connectivity index (χ2v) is 12.8. The number of imidazole rings is 1. The molecule has 1 unspecified atom stereocenters. The zero-order chi connectivity index (χ0) is 35.3. The van der Waals surface area contributed by atoms with E-state index in [1.807, 2.05) is 29.2 Å². The van der Waals surface area contributed by atoms with Gasteiger partial charge >= 0.3 is 6.36 Å². The van der Waals surface area contributed by atoms with Crippen LogP contribution in [-0.4, -0.2) is 103 Å². The molecule has 0 saturated carbocycles. The first-order chi connectivity index (χ1) is 24.1. The lowest BCUT2D eigenvalue weighted by atomic mass is 9.77. The highest BCUT2D eigenvalue weighted by Crippen LogP contribution is 2.41. The molecule has 50 heavy (non-hydrogen) atoms. The average molecular weight is 697 g/mol. The van der Waals surface area contributed by atoms with Gasteiger partial charge in [0.1, 0.15) is 0 Å². The first-order valence-corrected chi connectivity index (χ1v) is 16.8. The van der Waals surface area contributed by atoms with Crippen molar-refractivity contribution in [2.45, 2.75) is 50.0 Å². The van der Waals surface area contributed by atoms with Crippen LogP contribution in [0.25, 0.3) is 11.0 Å². The first-order valence-electron chi connectivity index (χ1n) is 16.8. The third-order valence-corrected chi connectivity index (χ3v) is 9.91. The highest BCUT2D eigenvalue weighted by Gasteiger charge is 2.42. The van der Waals surface area contributed by atoms with Crippen molar-refractivity contribution in [1.82, 2.24) is 24.3 Å². The molecule has 1 atom stereocenters. The summed E-state index contributed by atoms with van der Waals surface area (Å²) in [5, 5.41) is 3.51. The molecule has 1 N–H and O–H groups in total. The van der Waals surface area contributed by atoms with Crippen LogP contribution in [0.5, 0.6) is 17.2 Å². The number of pyridine rings is 1. The van der Waals surface area contributed by atoms with Crippen LogP contribution in [0.15, 0.2) is 60.9 Å². The molecule has 2 aliphatic heterocycles. The van der Waals surface area contributed by atoms with Crippen LogP contribution in [0.3, 0.4) is 0 Å². The molecule has 2 aliphatic rings. The fourth-order valence-corrected chi connectivity index (χ4v) is 7.24. The highest BCUT2D eigenvalue weighted by atomic mass is 19.4. The van der Waals surface area contributed by atoms with Crippen molar-refractivity contribution >= 4 is 22.9 Å². The summed E-state index contributed by atoms with van der Waals surface area (Å²) in [5.74, 6) is 1.76. The van der Waals surface area contributed by atoms with Gasteiger partial charge in [-0.1, -0.05) is 12.1 Å². The van der Waals surface area contributed by atoms with Crippen LogP contribution in [0.4, 0.5) is 19.1 Å². The largest absolute Gasteiger partial charge is 0.522 e. The van der Waals surface area contributed by atoms with Gasteiger partial charge in [0.15, 0.2) is 11.5 Å². The molecular weight excluding hydrogens is 653 g/mol. The van der Waals surface area contributed by atoms with Crippen molar-refractivity contribution in [3.05, 3.63) is 72.1 Å². The van der Waals surface area contributed by atoms with E-state index < -0.39 is 13.0 Å². The lowest BCUT2D eigenvalue weighted by Crippen LogP contribution is -2.42. The van der Waals surface area contributed by atoms with Gasteiger partial charge in [0.05, 0.1) is 39.0 Å². The summed E-state index contributed by atoms with van der Waals surface area (Å²) in [7, 11) is 4.59. The summed E-state index contributed by atoms with van der Waals surface area (Å²) in [4.78, 5) is 27.1. The number of carbonyl (C=O) groups is 1. The number of nitrogens with one attached hydrogen (secondary N) is 1. The molecule has 2 aromatic carbocycles. The van der Waals surface area contributed by atoms with E-state index in [9.17, 15) is 18.0 Å². The molecule has 2 fully saturated rings. The van der Waals surface area contributed by atoms with E-state index in [0.717, 1.165) is 61.9 Å². The van der Waals surface area contributed by atoms with Crippen LogP contribution >= 0.6 is 0 Å². The number of piperidine rings is 1. The Hall–Kier alpha value is -4.56. The van der Waals surface area contributed by atoms with Crippen LogP contribution in [0.2, 0.25) is 0 Å². The van der Waals surface area contributed by atoms with E-state index in [1.165, 1.54) is 21.3 Å². The minimum absolute atomic E-state index is 0.0252. The number of nitrogens with zero attached hydrogens (tertiary/aromatic N) is 5. The third kappa shape index (κ3) is 7.76. The number of ether oxygens (including phenoxy) is 4. The molecule has 4 heterocycles. The number of halogens is 3. The summed E-state index contributed by atoms with van der Waals surface area (Å²) in [5.41, 5.74) is 2.88. The van der Waals surface area contributed by atoms with Crippen LogP contribution in [-0.2, 0) is 16.7 Å². The number of fused-ring (bicyclic) bond motifs is 1. The fraction of sp³-hybridized carbons (Fsp3) is 0.472. The van der Waals surface area contributed by atoms with Crippen molar-refractivity contribution in [2.75, 3.05) is 66.0 Å². The SMILES string of the molecule is COc1cc(C(=O)N2CCC(CCN3CCC(Nc4nc5ccccc5n4CCOC(F)(F)F)CC3)(c3ccncc3)C2)cc(OC)c1OC. The average Bonchev–Trinajstić information content (AvgIpc) is 3.72. The van der Waals surface area contributed by atoms with Crippen molar-refractivity contribution in [3.8, 4) is 17.2 Å². The first kappa shape index (κ1) is 35.3. The van der Waals surface area contributed by atoms with Gasteiger partial charge in [-0.25, -0.2) is 4.98 Å². The Bertz CT molecular complexity index is 1740. The summed E-state index contributed by atoms with van der Waals surface area (Å²) in [6, 6.07) is 15.0. The molecule has 4 aromatic rings. The maximum absolute atomic E-state index is 13.9. The molecule has 6 rings (SSSR count). The minimum atomic E-state index is -4.68. The zero-order valence-corrected chi connectivity index (χ0v) is 28.5. The number of amides is 1. The van der Waals surface area contributed by atoms with Crippen molar-refractivity contribution in [3.63, 3.8) is 0 Å². The predicted molar refractivity (Wildman–Crippen MR) is 182 cm³/mol. The van der Waals surface area contributed by atoms with Crippen molar-refractivity contribution in [1.29, 1.82) is 0 Å². The molecule has 268 valence electrons. The van der Waals surface area contributed by atoms with Crippen LogP contribution in [0.1, 0.15) is 41.6 Å². The molecule has 2 saturated heterocycles. The topological polar surface area (TPSA) is 103 Å². The lowest BCUT2D eigenvalue weighted by molar-refractivity contribution is -0.325. The Labute approximate surface area is 289 Å². The van der Waals surface area contributed by atoms with E-state index in [1.54, 1.807) is 29.1 Å². The Morgan fingerprint density at radius 3 is 2.32 bits per heavy atom. The number of para-hydroxylation sites is 2. The Balaban J connectivity index is 1.10. The Morgan fingerprint density at radius 2 is 1.66 bits per heavy atom. The van der Waals surface area contributed by atoms with Gasteiger partial charge in [0.25, 0.3) is 5.91 Å². The summed E-state index contributed by atoms with van der Waals surface area (Å²) >= 11 is 0. The molecule has 11 nitrogen and oxygen atoms in total. The van der Waals surface area contributed by atoms with Crippen LogP contribution < -0.4 is 19.5 Å². The second-order valence-electron chi connectivity index (χ2n) is 12.8. The van der Waals surface area contributed by atoms with Gasteiger partial charge in [-0.15, -0.1) is 13.2 Å². The minimum Gasteiger partial charge on any atom is -0.493 e. The summed E-state index contributed by atoms with van der Waals surface area (Å²) in [6.45, 7) is 3.27. The number of methoxy groups -OCH3 is 3. The quantitative estimate of drug-likeness (QED) is 0.187. The van der Waals surface area contributed by atoms with Crippen molar-refractivity contribution in [2.24, 2.45) is 0 Å². The smallest absolute Gasteiger partial charge is 0.493 e. The van der Waals surface area contributed by atoms with E-state index in [-0.39, 0.29) is 23.9 Å². The number of anilines is 1. The normalized spacial score (nSPS) is 18.8. The molecule has 1 amide bonds. The summed E-state index contributed by atoms with van der Waals surface area (Å²) in [6.07, 6.45) is 2.33. The predicted octanol–water partition coefficient (Wildman–Crippen LogP) is 5.74. The Morgan fingerprint density at radius 1 is 0.960 bits per heavy atom. The third-order valence-electron chi connectivity index (χ3n) is 9.91. The summed E-state index contributed by atoms with van der Waals surface area (Å²) < 4.78 is 60.3. The molecule has 0 aliphatic carbocycles. The number of aromatic nitrogens is 3. The van der Waals surface area contributed by atoms with Gasteiger partial charge < -0.3 is 33.9 Å². The molecular formula is C36H43F3N6O5. The van der Waals surface area contributed by atoms with E-state index in [2.05, 4.69) is 37.1 Å². The number of alkyl halides is 3. The Kier molecular flexibility index (Phi) is 10.7. The van der Waals surface area contributed by atoms with Gasteiger partial charge in [-0.3, -0.25) is 14.5 Å². The lowest BCUT2D eigenvalue weighted by Gasteiger charge is -2.36. The van der Waals surface area contributed by atoms with Gasteiger partial charge in [-0.05, 0) is 74.2 Å². The fourth-order valence-electron chi connectivity index (χ4n) is 7.24.